The van der Waals surface area contributed by atoms with Crippen LogP contribution in [0.25, 0.3) is 0 Å². The number of amides is 2. The van der Waals surface area contributed by atoms with Gasteiger partial charge in [-0.1, -0.05) is 40.5 Å². The Morgan fingerprint density at radius 1 is 0.892 bits per heavy atom. The maximum absolute atomic E-state index is 12.4. The number of benzene rings is 3. The summed E-state index contributed by atoms with van der Waals surface area (Å²) in [6.07, 6.45) is 4.10. The molecule has 0 heterocycles. The van der Waals surface area contributed by atoms with E-state index < -0.39 is 5.97 Å². The van der Waals surface area contributed by atoms with Crippen LogP contribution in [0.3, 0.4) is 0 Å². The van der Waals surface area contributed by atoms with Gasteiger partial charge in [-0.3, -0.25) is 9.59 Å². The van der Waals surface area contributed by atoms with Crippen LogP contribution < -0.4 is 20.2 Å². The number of hydrogen-bond donors (Lipinski definition) is 2. The number of ether oxygens (including phenoxy) is 2. The smallest absolute Gasteiger partial charge is 0.343 e. The second-order valence-corrected chi connectivity index (χ2v) is 8.95. The minimum atomic E-state index is -0.502. The van der Waals surface area contributed by atoms with Crippen LogP contribution in [0.4, 0.5) is 0 Å². The van der Waals surface area contributed by atoms with Gasteiger partial charge in [0.25, 0.3) is 5.91 Å². The molecule has 9 heteroatoms. The van der Waals surface area contributed by atoms with E-state index in [1.54, 1.807) is 54.6 Å². The highest BCUT2D eigenvalue weighted by atomic mass is 79.9. The molecule has 3 rings (SSSR count). The number of halogens is 1. The third-order valence-corrected chi connectivity index (χ3v) is 5.80. The lowest BCUT2D eigenvalue weighted by molar-refractivity contribution is -0.121. The number of hydrogen-bond acceptors (Lipinski definition) is 6. The minimum Gasteiger partial charge on any atom is -0.493 e. The van der Waals surface area contributed by atoms with Crippen molar-refractivity contribution >= 4 is 39.9 Å². The van der Waals surface area contributed by atoms with E-state index in [0.29, 0.717) is 41.8 Å². The summed E-state index contributed by atoms with van der Waals surface area (Å²) in [6, 6.07) is 20.8. The zero-order valence-electron chi connectivity index (χ0n) is 20.4. The Kier molecular flexibility index (Phi) is 10.9. The highest BCUT2D eigenvalue weighted by molar-refractivity contribution is 9.10. The van der Waals surface area contributed by atoms with Crippen molar-refractivity contribution in [2.45, 2.75) is 25.7 Å². The summed E-state index contributed by atoms with van der Waals surface area (Å²) in [5.41, 5.74) is 4.21. The third-order valence-electron chi connectivity index (χ3n) is 5.28. The van der Waals surface area contributed by atoms with Gasteiger partial charge in [-0.15, -0.1) is 0 Å². The second kappa shape index (κ2) is 14.5. The summed E-state index contributed by atoms with van der Waals surface area (Å²) >= 11 is 3.33. The van der Waals surface area contributed by atoms with E-state index in [0.717, 1.165) is 17.3 Å². The summed E-state index contributed by atoms with van der Waals surface area (Å²) in [7, 11) is 1.47. The Labute approximate surface area is 224 Å². The molecule has 37 heavy (non-hydrogen) atoms. The van der Waals surface area contributed by atoms with Gasteiger partial charge in [0.05, 0.1) is 18.9 Å². The van der Waals surface area contributed by atoms with Gasteiger partial charge in [0.15, 0.2) is 11.5 Å². The molecule has 0 saturated heterocycles. The van der Waals surface area contributed by atoms with Gasteiger partial charge in [-0.25, -0.2) is 10.2 Å². The van der Waals surface area contributed by atoms with Crippen LogP contribution in [-0.4, -0.2) is 37.7 Å². The number of hydrazone groups is 1. The Hall–Kier alpha value is -3.98. The maximum Gasteiger partial charge on any atom is 0.343 e. The molecule has 3 aromatic rings. The van der Waals surface area contributed by atoms with Crippen LogP contribution in [0.15, 0.2) is 82.4 Å². The van der Waals surface area contributed by atoms with Crippen LogP contribution in [0.1, 0.15) is 52.0 Å². The fourth-order valence-corrected chi connectivity index (χ4v) is 3.57. The minimum absolute atomic E-state index is 0.0971. The molecule has 0 spiro atoms. The van der Waals surface area contributed by atoms with Gasteiger partial charge in [0.1, 0.15) is 0 Å². The summed E-state index contributed by atoms with van der Waals surface area (Å²) in [5, 5.41) is 6.86. The van der Waals surface area contributed by atoms with Gasteiger partial charge in [-0.2, -0.15) is 5.10 Å². The lowest BCUT2D eigenvalue weighted by Gasteiger charge is -2.10. The highest BCUT2D eigenvalue weighted by Crippen LogP contribution is 2.28. The molecule has 2 amide bonds. The summed E-state index contributed by atoms with van der Waals surface area (Å²) < 4.78 is 11.6. The van der Waals surface area contributed by atoms with Crippen molar-refractivity contribution < 1.29 is 23.9 Å². The lowest BCUT2D eigenvalue weighted by atomic mass is 10.2. The second-order valence-electron chi connectivity index (χ2n) is 8.03. The van der Waals surface area contributed by atoms with E-state index in [1.165, 1.54) is 13.3 Å². The fraction of sp³-hybridized carbons (Fsp3) is 0.214. The SMILES string of the molecule is COc1cc(C=NNC(=O)CCCCCNC(=O)c2ccccc2)ccc1OC(=O)c1ccc(Br)cc1. The Balaban J connectivity index is 1.37. The van der Waals surface area contributed by atoms with Gasteiger partial charge in [-0.05, 0) is 73.0 Å². The van der Waals surface area contributed by atoms with Crippen molar-refractivity contribution in [1.82, 2.24) is 10.7 Å². The molecular formula is C28H28BrN3O5. The third kappa shape index (κ3) is 9.20. The van der Waals surface area contributed by atoms with Gasteiger partial charge >= 0.3 is 5.97 Å². The molecule has 3 aromatic carbocycles. The molecule has 0 unspecified atom stereocenters. The molecule has 0 atom stereocenters. The van der Waals surface area contributed by atoms with Crippen LogP contribution in [0.2, 0.25) is 0 Å². The average Bonchev–Trinajstić information content (AvgIpc) is 2.92. The molecule has 0 fully saturated rings. The van der Waals surface area contributed by atoms with Crippen LogP contribution in [-0.2, 0) is 4.79 Å². The number of carbonyl (C=O) groups excluding carboxylic acids is 3. The van der Waals surface area contributed by atoms with E-state index in [2.05, 4.69) is 31.8 Å². The molecule has 0 aliphatic carbocycles. The van der Waals surface area contributed by atoms with Crippen molar-refractivity contribution in [3.05, 3.63) is 94.0 Å². The number of nitrogens with one attached hydrogen (secondary N) is 2. The first-order valence-electron chi connectivity index (χ1n) is 11.8. The van der Waals surface area contributed by atoms with E-state index in [1.807, 2.05) is 18.2 Å². The van der Waals surface area contributed by atoms with Crippen molar-refractivity contribution in [3.8, 4) is 11.5 Å². The molecule has 2 N–H and O–H groups in total. The zero-order chi connectivity index (χ0) is 26.5. The van der Waals surface area contributed by atoms with Crippen molar-refractivity contribution in [2.75, 3.05) is 13.7 Å². The van der Waals surface area contributed by atoms with Crippen LogP contribution in [0, 0.1) is 0 Å². The summed E-state index contributed by atoms with van der Waals surface area (Å²) in [5.74, 6) is -0.161. The number of esters is 1. The molecule has 0 bridgehead atoms. The molecule has 0 aliphatic heterocycles. The van der Waals surface area contributed by atoms with Gasteiger partial charge in [0.2, 0.25) is 5.91 Å². The fourth-order valence-electron chi connectivity index (χ4n) is 3.31. The first-order valence-corrected chi connectivity index (χ1v) is 12.6. The predicted octanol–water partition coefficient (Wildman–Crippen LogP) is 5.12. The van der Waals surface area contributed by atoms with E-state index in [4.69, 9.17) is 9.47 Å². The monoisotopic (exact) mass is 565 g/mol. The lowest BCUT2D eigenvalue weighted by Crippen LogP contribution is -2.24. The molecule has 192 valence electrons. The molecule has 0 aromatic heterocycles. The standard InChI is InChI=1S/C28H28BrN3O5/c1-36-25-18-20(11-16-24(25)37-28(35)22-12-14-23(29)15-13-22)19-31-32-26(33)10-6-3-7-17-30-27(34)21-8-4-2-5-9-21/h2,4-5,8-9,11-16,18-19H,3,6-7,10,17H2,1H3,(H,30,34)(H,32,33). The number of carbonyl (C=O) groups is 3. The van der Waals surface area contributed by atoms with E-state index in [9.17, 15) is 14.4 Å². The van der Waals surface area contributed by atoms with Gasteiger partial charge in [0, 0.05) is 23.0 Å². The Morgan fingerprint density at radius 2 is 1.65 bits per heavy atom. The first kappa shape index (κ1) is 27.6. The zero-order valence-corrected chi connectivity index (χ0v) is 22.0. The molecular weight excluding hydrogens is 538 g/mol. The van der Waals surface area contributed by atoms with Crippen LogP contribution in [0.5, 0.6) is 11.5 Å². The first-order chi connectivity index (χ1) is 18.0. The quantitative estimate of drug-likeness (QED) is 0.104. The van der Waals surface area contributed by atoms with Crippen LogP contribution >= 0.6 is 15.9 Å². The van der Waals surface area contributed by atoms with E-state index >= 15 is 0 Å². The molecule has 8 nitrogen and oxygen atoms in total. The number of unbranched alkanes of at least 4 members (excludes halogenated alkanes) is 2. The number of rotatable bonds is 12. The maximum atomic E-state index is 12.4. The molecule has 0 radical (unpaired) electrons. The summed E-state index contributed by atoms with van der Waals surface area (Å²) in [4.78, 5) is 36.4. The average molecular weight is 566 g/mol. The predicted molar refractivity (Wildman–Crippen MR) is 145 cm³/mol. The largest absolute Gasteiger partial charge is 0.493 e. The highest BCUT2D eigenvalue weighted by Gasteiger charge is 2.13. The number of methoxy groups -OCH3 is 1. The van der Waals surface area contributed by atoms with Gasteiger partial charge < -0.3 is 14.8 Å². The van der Waals surface area contributed by atoms with Crippen molar-refractivity contribution in [1.29, 1.82) is 0 Å². The summed E-state index contributed by atoms with van der Waals surface area (Å²) in [6.45, 7) is 0.559. The Morgan fingerprint density at radius 3 is 2.38 bits per heavy atom. The van der Waals surface area contributed by atoms with E-state index in [-0.39, 0.29) is 17.6 Å². The van der Waals surface area contributed by atoms with Crippen molar-refractivity contribution in [3.63, 3.8) is 0 Å². The van der Waals surface area contributed by atoms with Crippen molar-refractivity contribution in [2.24, 2.45) is 5.10 Å². The normalized spacial score (nSPS) is 10.6. The number of nitrogens with zero attached hydrogens (tertiary/aromatic N) is 1. The molecule has 0 aliphatic rings. The Bertz CT molecular complexity index is 1230. The molecule has 0 saturated carbocycles. The topological polar surface area (TPSA) is 106 Å².